The molecule has 1 aliphatic heterocycles. The maximum atomic E-state index is 11.6. The van der Waals surface area contributed by atoms with Crippen molar-refractivity contribution in [2.24, 2.45) is 0 Å². The number of aromatic amines is 1. The van der Waals surface area contributed by atoms with E-state index in [0.717, 1.165) is 28.2 Å². The maximum Gasteiger partial charge on any atom is 0.158 e. The van der Waals surface area contributed by atoms with Crippen LogP contribution in [0.3, 0.4) is 0 Å². The molecule has 5 nitrogen and oxygen atoms in total. The number of hydrogen-bond donors (Lipinski definition) is 1. The smallest absolute Gasteiger partial charge is 0.158 e. The third-order valence-corrected chi connectivity index (χ3v) is 4.72. The fourth-order valence-electron chi connectivity index (χ4n) is 3.15. The predicted octanol–water partition coefficient (Wildman–Crippen LogP) is 3.96. The average molecular weight is 353 g/mol. The van der Waals surface area contributed by atoms with E-state index >= 15 is 0 Å². The van der Waals surface area contributed by atoms with Crippen LogP contribution in [0.4, 0.5) is 5.82 Å². The molecule has 0 atom stereocenters. The van der Waals surface area contributed by atoms with Gasteiger partial charge in [0.2, 0.25) is 0 Å². The van der Waals surface area contributed by atoms with Crippen molar-refractivity contribution >= 4 is 23.2 Å². The summed E-state index contributed by atoms with van der Waals surface area (Å²) in [5, 5.41) is 8.45. The van der Waals surface area contributed by atoms with Crippen molar-refractivity contribution in [2.45, 2.75) is 12.8 Å². The summed E-state index contributed by atoms with van der Waals surface area (Å²) >= 11 is 6.02. The van der Waals surface area contributed by atoms with Crippen molar-refractivity contribution < 1.29 is 4.79 Å². The highest BCUT2D eigenvalue weighted by Gasteiger charge is 2.24. The van der Waals surface area contributed by atoms with Crippen molar-refractivity contribution in [2.75, 3.05) is 18.0 Å². The topological polar surface area (TPSA) is 61.9 Å². The lowest BCUT2D eigenvalue weighted by Gasteiger charge is -2.27. The minimum Gasteiger partial charge on any atom is -0.354 e. The Hall–Kier alpha value is -2.66. The molecule has 3 aromatic rings. The Morgan fingerprint density at radius 2 is 1.64 bits per heavy atom. The van der Waals surface area contributed by atoms with Gasteiger partial charge in [-0.3, -0.25) is 14.9 Å². The van der Waals surface area contributed by atoms with E-state index in [-0.39, 0.29) is 0 Å². The number of piperidine rings is 1. The van der Waals surface area contributed by atoms with Crippen LogP contribution in [-0.2, 0) is 4.79 Å². The Kier molecular flexibility index (Phi) is 4.24. The number of nitrogens with zero attached hydrogens (tertiary/aromatic N) is 3. The normalized spacial score (nSPS) is 14.8. The fourth-order valence-corrected chi connectivity index (χ4v) is 3.27. The van der Waals surface area contributed by atoms with Crippen LogP contribution in [0.2, 0.25) is 5.02 Å². The van der Waals surface area contributed by atoms with E-state index in [1.807, 2.05) is 36.4 Å². The quantitative estimate of drug-likeness (QED) is 0.775. The molecule has 4 rings (SSSR count). The van der Waals surface area contributed by atoms with E-state index in [1.54, 1.807) is 12.4 Å². The van der Waals surface area contributed by atoms with Crippen LogP contribution in [0.5, 0.6) is 0 Å². The molecule has 0 bridgehead atoms. The van der Waals surface area contributed by atoms with Gasteiger partial charge in [0.05, 0.1) is 11.3 Å². The molecule has 6 heteroatoms. The van der Waals surface area contributed by atoms with E-state index in [2.05, 4.69) is 20.1 Å². The molecular weight excluding hydrogens is 336 g/mol. The molecule has 0 radical (unpaired) electrons. The summed E-state index contributed by atoms with van der Waals surface area (Å²) in [5.74, 6) is 1.19. The zero-order valence-corrected chi connectivity index (χ0v) is 14.3. The Morgan fingerprint density at radius 1 is 0.960 bits per heavy atom. The monoisotopic (exact) mass is 352 g/mol. The summed E-state index contributed by atoms with van der Waals surface area (Å²) in [6, 6.07) is 11.6. The number of carbonyl (C=O) groups is 1. The van der Waals surface area contributed by atoms with Gasteiger partial charge in [-0.2, -0.15) is 5.10 Å². The van der Waals surface area contributed by atoms with Crippen molar-refractivity contribution in [1.82, 2.24) is 15.2 Å². The second kappa shape index (κ2) is 6.69. The predicted molar refractivity (Wildman–Crippen MR) is 98.7 cm³/mol. The minimum absolute atomic E-state index is 0.315. The second-order valence-electron chi connectivity index (χ2n) is 6.07. The van der Waals surface area contributed by atoms with Gasteiger partial charge in [0.15, 0.2) is 5.82 Å². The number of halogens is 1. The first-order valence-electron chi connectivity index (χ1n) is 8.24. The summed E-state index contributed by atoms with van der Waals surface area (Å²) in [6.45, 7) is 1.39. The van der Waals surface area contributed by atoms with E-state index in [0.29, 0.717) is 36.7 Å². The molecule has 3 heterocycles. The number of Topliss-reactive ketones (excluding diaryl/α,β-unsaturated/α-hetero) is 1. The van der Waals surface area contributed by atoms with E-state index < -0.39 is 0 Å². The van der Waals surface area contributed by atoms with Crippen molar-refractivity contribution in [3.8, 4) is 22.4 Å². The Bertz CT molecular complexity index is 880. The summed E-state index contributed by atoms with van der Waals surface area (Å²) in [7, 11) is 0. The number of carbonyl (C=O) groups excluding carboxylic acids is 1. The lowest BCUT2D eigenvalue weighted by molar-refractivity contribution is -0.119. The number of benzene rings is 1. The van der Waals surface area contributed by atoms with Gasteiger partial charge >= 0.3 is 0 Å². The van der Waals surface area contributed by atoms with Crippen molar-refractivity contribution in [3.05, 3.63) is 53.8 Å². The maximum absolute atomic E-state index is 11.6. The molecule has 1 aliphatic rings. The van der Waals surface area contributed by atoms with Crippen LogP contribution in [-0.4, -0.2) is 34.1 Å². The Morgan fingerprint density at radius 3 is 2.32 bits per heavy atom. The number of hydrogen-bond acceptors (Lipinski definition) is 4. The third kappa shape index (κ3) is 3.15. The molecule has 2 aromatic heterocycles. The Balaban J connectivity index is 1.82. The van der Waals surface area contributed by atoms with Crippen LogP contribution in [0, 0.1) is 0 Å². The number of ketones is 1. The van der Waals surface area contributed by atoms with Crippen molar-refractivity contribution in [1.29, 1.82) is 0 Å². The van der Waals surface area contributed by atoms with Gasteiger partial charge in [0, 0.05) is 48.9 Å². The van der Waals surface area contributed by atoms with Gasteiger partial charge in [-0.1, -0.05) is 23.7 Å². The molecule has 0 aliphatic carbocycles. The summed E-state index contributed by atoms with van der Waals surface area (Å²) in [4.78, 5) is 17.9. The van der Waals surface area contributed by atoms with Crippen LogP contribution in [0.15, 0.2) is 48.8 Å². The van der Waals surface area contributed by atoms with Crippen LogP contribution < -0.4 is 4.90 Å². The van der Waals surface area contributed by atoms with E-state index in [1.165, 1.54) is 0 Å². The molecular formula is C19H17ClN4O. The highest BCUT2D eigenvalue weighted by molar-refractivity contribution is 6.30. The first-order chi connectivity index (χ1) is 12.2. The van der Waals surface area contributed by atoms with Crippen LogP contribution >= 0.6 is 11.6 Å². The number of pyridine rings is 1. The van der Waals surface area contributed by atoms with Gasteiger partial charge < -0.3 is 4.90 Å². The number of rotatable bonds is 3. The Labute approximate surface area is 150 Å². The highest BCUT2D eigenvalue weighted by Crippen LogP contribution is 2.38. The van der Waals surface area contributed by atoms with E-state index in [4.69, 9.17) is 11.6 Å². The molecule has 126 valence electrons. The number of anilines is 1. The van der Waals surface area contributed by atoms with Gasteiger partial charge in [-0.05, 0) is 29.8 Å². The largest absolute Gasteiger partial charge is 0.354 e. The molecule has 1 N–H and O–H groups in total. The minimum atomic E-state index is 0.315. The second-order valence-corrected chi connectivity index (χ2v) is 6.50. The lowest BCUT2D eigenvalue weighted by Crippen LogP contribution is -2.34. The highest BCUT2D eigenvalue weighted by atomic mass is 35.5. The number of aromatic nitrogens is 3. The summed E-state index contributed by atoms with van der Waals surface area (Å²) < 4.78 is 0. The molecule has 1 fully saturated rings. The van der Waals surface area contributed by atoms with E-state index in [9.17, 15) is 4.79 Å². The molecule has 0 amide bonds. The third-order valence-electron chi connectivity index (χ3n) is 4.47. The van der Waals surface area contributed by atoms with Gasteiger partial charge in [0.1, 0.15) is 5.78 Å². The molecule has 0 spiro atoms. The van der Waals surface area contributed by atoms with Gasteiger partial charge in [-0.25, -0.2) is 0 Å². The van der Waals surface area contributed by atoms with Gasteiger partial charge in [-0.15, -0.1) is 0 Å². The average Bonchev–Trinajstić information content (AvgIpc) is 3.09. The lowest BCUT2D eigenvalue weighted by atomic mass is 10.0. The summed E-state index contributed by atoms with van der Waals surface area (Å²) in [5.41, 5.74) is 4.03. The van der Waals surface area contributed by atoms with Gasteiger partial charge in [0.25, 0.3) is 0 Å². The zero-order chi connectivity index (χ0) is 17.2. The fraction of sp³-hybridized carbons (Fsp3) is 0.211. The first kappa shape index (κ1) is 15.8. The summed E-state index contributed by atoms with van der Waals surface area (Å²) in [6.07, 6.45) is 4.69. The van der Waals surface area contributed by atoms with Crippen molar-refractivity contribution in [3.63, 3.8) is 0 Å². The van der Waals surface area contributed by atoms with Crippen LogP contribution in [0.1, 0.15) is 12.8 Å². The number of H-pyrrole nitrogens is 1. The SMILES string of the molecule is O=C1CCN(c2n[nH]c(-c3ccc(Cl)cc3)c2-c2ccncc2)CC1. The molecule has 1 aromatic carbocycles. The standard InChI is InChI=1S/C19H17ClN4O/c20-15-3-1-14(2-4-15)18-17(13-5-9-21-10-6-13)19(23-22-18)24-11-7-16(25)8-12-24/h1-6,9-10H,7-8,11-12H2,(H,22,23). The molecule has 0 unspecified atom stereocenters. The molecule has 1 saturated heterocycles. The molecule has 0 saturated carbocycles. The molecule has 25 heavy (non-hydrogen) atoms. The number of nitrogens with one attached hydrogen (secondary N) is 1. The zero-order valence-electron chi connectivity index (χ0n) is 13.6. The van der Waals surface area contributed by atoms with Crippen LogP contribution in [0.25, 0.3) is 22.4 Å². The first-order valence-corrected chi connectivity index (χ1v) is 8.61.